The summed E-state index contributed by atoms with van der Waals surface area (Å²) in [4.78, 5) is 0. The lowest BCUT2D eigenvalue weighted by Crippen LogP contribution is -2.17. The minimum atomic E-state index is -0.194. The van der Waals surface area contributed by atoms with Crippen LogP contribution in [0.2, 0.25) is 0 Å². The number of allylic oxidation sites excluding steroid dienone is 1. The number of benzene rings is 2. The number of rotatable bonds is 5. The van der Waals surface area contributed by atoms with E-state index in [0.29, 0.717) is 0 Å². The van der Waals surface area contributed by atoms with Gasteiger partial charge in [0.05, 0.1) is 0 Å². The Bertz CT molecular complexity index is 1080. The van der Waals surface area contributed by atoms with Gasteiger partial charge in [-0.2, -0.15) is 0 Å². The molecule has 0 N–H and O–H groups in total. The molecule has 0 atom stereocenters. The fourth-order valence-electron chi connectivity index (χ4n) is 5.13. The first kappa shape index (κ1) is 24.9. The zero-order valence-electron chi connectivity index (χ0n) is 22.5. The molecule has 0 aliphatic rings. The number of aryl methyl sites for hydroxylation is 8. The van der Waals surface area contributed by atoms with Gasteiger partial charge in [0.1, 0.15) is 0 Å². The Kier molecular flexibility index (Phi) is 6.98. The molecule has 2 nitrogen and oxygen atoms in total. The predicted octanol–water partition coefficient (Wildman–Crippen LogP) is 8.61. The Labute approximate surface area is 201 Å². The van der Waals surface area contributed by atoms with Crippen LogP contribution in [0.5, 0.6) is 0 Å². The van der Waals surface area contributed by atoms with Crippen LogP contribution in [-0.2, 0) is 4.74 Å². The highest BCUT2D eigenvalue weighted by atomic mass is 16.5. The van der Waals surface area contributed by atoms with Crippen molar-refractivity contribution in [3.63, 3.8) is 0 Å². The average molecular weight is 444 g/mol. The van der Waals surface area contributed by atoms with Gasteiger partial charge in [-0.05, 0) is 101 Å². The normalized spacial score (nSPS) is 12.5. The molecular weight excluding hydrogens is 402 g/mol. The zero-order chi connectivity index (χ0) is 24.7. The summed E-state index contributed by atoms with van der Waals surface area (Å²) >= 11 is 0. The average Bonchev–Trinajstić information content (AvgIpc) is 2.96. The molecule has 1 heterocycles. The molecule has 1 aromatic heterocycles. The molecule has 0 aliphatic carbocycles. The molecule has 0 aliphatic heterocycles. The van der Waals surface area contributed by atoms with E-state index in [9.17, 15) is 0 Å². The molecule has 176 valence electrons. The summed E-state index contributed by atoms with van der Waals surface area (Å²) in [6.07, 6.45) is 2.07. The third kappa shape index (κ3) is 5.43. The van der Waals surface area contributed by atoms with Crippen molar-refractivity contribution in [2.75, 3.05) is 0 Å². The van der Waals surface area contributed by atoms with Crippen molar-refractivity contribution in [1.29, 1.82) is 0 Å². The van der Waals surface area contributed by atoms with Crippen LogP contribution in [-0.4, -0.2) is 4.57 Å². The van der Waals surface area contributed by atoms with Crippen LogP contribution in [0, 0.1) is 60.8 Å². The molecule has 3 rings (SSSR count). The van der Waals surface area contributed by atoms with E-state index in [1.807, 2.05) is 0 Å². The number of hydrogen-bond acceptors (Lipinski definition) is 1. The second kappa shape index (κ2) is 9.25. The molecule has 0 saturated carbocycles. The van der Waals surface area contributed by atoms with Gasteiger partial charge in [-0.15, -0.1) is 0 Å². The van der Waals surface area contributed by atoms with Crippen LogP contribution in [0.25, 0.3) is 5.88 Å². The van der Waals surface area contributed by atoms with E-state index in [1.54, 1.807) is 0 Å². The van der Waals surface area contributed by atoms with Gasteiger partial charge in [0, 0.05) is 22.5 Å². The number of aromatic nitrogens is 1. The molecule has 2 aromatic carbocycles. The Morgan fingerprint density at radius 3 is 1.39 bits per heavy atom. The lowest BCUT2D eigenvalue weighted by molar-refractivity contribution is 0.186. The van der Waals surface area contributed by atoms with Gasteiger partial charge >= 0.3 is 0 Å². The highest BCUT2D eigenvalue weighted by Crippen LogP contribution is 2.39. The Hall–Kier alpha value is -2.74. The Balaban J connectivity index is 2.31. The first-order valence-electron chi connectivity index (χ1n) is 12.0. The van der Waals surface area contributed by atoms with Gasteiger partial charge < -0.3 is 4.74 Å². The van der Waals surface area contributed by atoms with Gasteiger partial charge in [-0.25, -0.2) is 0 Å². The van der Waals surface area contributed by atoms with E-state index in [4.69, 9.17) is 4.74 Å². The molecule has 3 aromatic rings. The SMILES string of the molecule is Cc1cc(C)c(C(O/C(=C\C(C)(C)C)n2c(C)ccc2C)c2c(C)cc(C)cc2C)c(C)c1. The smallest absolute Gasteiger partial charge is 0.195 e. The fourth-order valence-corrected chi connectivity index (χ4v) is 5.13. The standard InChI is InChI=1S/C31H41NO/c1-19-14-21(3)28(22(4)15-19)30(29-23(5)16-20(2)17-24(29)6)33-27(18-31(9,10)11)32-25(7)12-13-26(32)8/h12-18,30H,1-11H3/b27-18-. The Morgan fingerprint density at radius 1 is 0.697 bits per heavy atom. The van der Waals surface area contributed by atoms with Crippen molar-refractivity contribution >= 4 is 5.88 Å². The van der Waals surface area contributed by atoms with Gasteiger partial charge in [0.15, 0.2) is 12.0 Å². The maximum Gasteiger partial charge on any atom is 0.195 e. The van der Waals surface area contributed by atoms with Gasteiger partial charge in [0.25, 0.3) is 0 Å². The largest absolute Gasteiger partial charge is 0.466 e. The summed E-state index contributed by atoms with van der Waals surface area (Å²) in [7, 11) is 0. The number of nitrogens with zero attached hydrogens (tertiary/aromatic N) is 1. The minimum Gasteiger partial charge on any atom is -0.466 e. The van der Waals surface area contributed by atoms with E-state index in [2.05, 4.69) is 123 Å². The Morgan fingerprint density at radius 2 is 1.06 bits per heavy atom. The lowest BCUT2D eigenvalue weighted by atomic mass is 9.87. The summed E-state index contributed by atoms with van der Waals surface area (Å²) in [5.41, 5.74) is 12.5. The number of ether oxygens (including phenoxy) is 1. The minimum absolute atomic E-state index is 0.0300. The second-order valence-corrected chi connectivity index (χ2v) is 10.9. The summed E-state index contributed by atoms with van der Waals surface area (Å²) in [6.45, 7) is 24.2. The van der Waals surface area contributed by atoms with E-state index >= 15 is 0 Å². The van der Waals surface area contributed by atoms with Crippen LogP contribution in [0.1, 0.15) is 82.8 Å². The third-order valence-corrected chi connectivity index (χ3v) is 6.29. The monoisotopic (exact) mass is 443 g/mol. The van der Waals surface area contributed by atoms with Crippen LogP contribution < -0.4 is 0 Å². The van der Waals surface area contributed by atoms with E-state index < -0.39 is 0 Å². The quantitative estimate of drug-likeness (QED) is 0.360. The second-order valence-electron chi connectivity index (χ2n) is 10.9. The van der Waals surface area contributed by atoms with E-state index in [-0.39, 0.29) is 11.5 Å². The first-order valence-corrected chi connectivity index (χ1v) is 12.0. The molecule has 0 spiro atoms. The summed E-state index contributed by atoms with van der Waals surface area (Å²) < 4.78 is 9.38. The molecule has 0 fully saturated rings. The highest BCUT2D eigenvalue weighted by molar-refractivity contribution is 5.52. The lowest BCUT2D eigenvalue weighted by Gasteiger charge is -2.30. The van der Waals surface area contributed by atoms with Gasteiger partial charge in [0.2, 0.25) is 0 Å². The first-order chi connectivity index (χ1) is 15.3. The molecule has 0 saturated heterocycles. The maximum absolute atomic E-state index is 7.13. The highest BCUT2D eigenvalue weighted by Gasteiger charge is 2.27. The molecule has 2 heteroatoms. The van der Waals surface area contributed by atoms with Gasteiger partial charge in [-0.3, -0.25) is 4.57 Å². The van der Waals surface area contributed by atoms with Crippen molar-refractivity contribution in [2.45, 2.75) is 82.3 Å². The van der Waals surface area contributed by atoms with Gasteiger partial charge in [-0.1, -0.05) is 56.2 Å². The van der Waals surface area contributed by atoms with Crippen molar-refractivity contribution in [2.24, 2.45) is 5.41 Å². The topological polar surface area (TPSA) is 14.2 Å². The van der Waals surface area contributed by atoms with Crippen molar-refractivity contribution < 1.29 is 4.74 Å². The molecular formula is C31H41NO. The summed E-state index contributed by atoms with van der Waals surface area (Å²) in [5.74, 6) is 0.895. The maximum atomic E-state index is 7.13. The van der Waals surface area contributed by atoms with Crippen molar-refractivity contribution in [1.82, 2.24) is 4.57 Å². The molecule has 33 heavy (non-hydrogen) atoms. The summed E-state index contributed by atoms with van der Waals surface area (Å²) in [5, 5.41) is 0. The van der Waals surface area contributed by atoms with E-state index in [1.165, 1.54) is 55.9 Å². The van der Waals surface area contributed by atoms with Crippen LogP contribution in [0.15, 0.2) is 42.5 Å². The molecule has 0 unspecified atom stereocenters. The molecule has 0 bridgehead atoms. The van der Waals surface area contributed by atoms with Crippen LogP contribution in [0.4, 0.5) is 0 Å². The van der Waals surface area contributed by atoms with Crippen molar-refractivity contribution in [3.8, 4) is 0 Å². The van der Waals surface area contributed by atoms with Crippen LogP contribution in [0.3, 0.4) is 0 Å². The number of hydrogen-bond donors (Lipinski definition) is 0. The van der Waals surface area contributed by atoms with E-state index in [0.717, 1.165) is 5.88 Å². The predicted molar refractivity (Wildman–Crippen MR) is 142 cm³/mol. The molecule has 0 amide bonds. The summed E-state index contributed by atoms with van der Waals surface area (Å²) in [6, 6.07) is 13.4. The fraction of sp³-hybridized carbons (Fsp3) is 0.419. The zero-order valence-corrected chi connectivity index (χ0v) is 22.5. The third-order valence-electron chi connectivity index (χ3n) is 6.29. The van der Waals surface area contributed by atoms with Crippen LogP contribution >= 0.6 is 0 Å². The molecule has 0 radical (unpaired) electrons. The van der Waals surface area contributed by atoms with Crippen molar-refractivity contribution in [3.05, 3.63) is 98.4 Å².